The molecule has 4 nitrogen and oxygen atoms in total. The number of nitrogens with one attached hydrogen (secondary N) is 1. The van der Waals surface area contributed by atoms with Crippen LogP contribution in [0.3, 0.4) is 0 Å². The summed E-state index contributed by atoms with van der Waals surface area (Å²) < 4.78 is 4.91. The predicted octanol–water partition coefficient (Wildman–Crippen LogP) is 3.69. The van der Waals surface area contributed by atoms with Crippen LogP contribution in [0, 0.1) is 5.92 Å². The van der Waals surface area contributed by atoms with Gasteiger partial charge in [-0.2, -0.15) is 0 Å². The second kappa shape index (κ2) is 9.93. The maximum atomic E-state index is 11.5. The Balaban J connectivity index is 0.000000219. The Morgan fingerprint density at radius 3 is 2.38 bits per heavy atom. The Morgan fingerprint density at radius 1 is 1.12 bits per heavy atom. The smallest absolute Gasteiger partial charge is 0.252 e. The molecule has 1 fully saturated rings. The maximum absolute atomic E-state index is 11.5. The Morgan fingerprint density at radius 2 is 1.83 bits per heavy atom. The van der Waals surface area contributed by atoms with E-state index in [1.54, 1.807) is 13.3 Å². The molecule has 0 bridgehead atoms. The zero-order chi connectivity index (χ0) is 17.2. The first kappa shape index (κ1) is 18.3. The normalized spacial score (nSPS) is 15.4. The summed E-state index contributed by atoms with van der Waals surface area (Å²) in [7, 11) is 1.66. The Bertz CT molecular complexity index is 631. The standard InChI is InChI=1S/C13H20N2O.C7H8O/c1-2-11-5-8-15(9-6-11)10-12-4-3-7-14-13(12)16;1-8-7-5-3-2-4-6-7/h3-4,7,11H,2,5-6,8-10H2,1H3,(H,14,16);2-6H,1H3. The summed E-state index contributed by atoms with van der Waals surface area (Å²) in [5.41, 5.74) is 0.942. The molecule has 1 saturated heterocycles. The molecule has 0 amide bonds. The number of aromatic amines is 1. The highest BCUT2D eigenvalue weighted by Crippen LogP contribution is 2.20. The molecule has 1 N–H and O–H groups in total. The van der Waals surface area contributed by atoms with Crippen molar-refractivity contribution in [3.05, 3.63) is 64.6 Å². The van der Waals surface area contributed by atoms with Crippen LogP contribution in [-0.2, 0) is 6.54 Å². The topological polar surface area (TPSA) is 45.3 Å². The van der Waals surface area contributed by atoms with Crippen molar-refractivity contribution in [3.63, 3.8) is 0 Å². The molecule has 1 aliphatic heterocycles. The minimum Gasteiger partial charge on any atom is -0.497 e. The highest BCUT2D eigenvalue weighted by Gasteiger charge is 2.18. The first-order valence-corrected chi connectivity index (χ1v) is 8.71. The molecule has 0 spiro atoms. The molecule has 2 aromatic rings. The lowest BCUT2D eigenvalue weighted by Gasteiger charge is -2.31. The first-order chi connectivity index (χ1) is 11.7. The second-order valence-electron chi connectivity index (χ2n) is 6.17. The monoisotopic (exact) mass is 328 g/mol. The maximum Gasteiger partial charge on any atom is 0.252 e. The number of hydrogen-bond donors (Lipinski definition) is 1. The Kier molecular flexibility index (Phi) is 7.56. The van der Waals surface area contributed by atoms with Gasteiger partial charge < -0.3 is 9.72 Å². The van der Waals surface area contributed by atoms with Gasteiger partial charge in [-0.15, -0.1) is 0 Å². The van der Waals surface area contributed by atoms with Crippen molar-refractivity contribution in [2.45, 2.75) is 32.7 Å². The molecule has 1 aromatic carbocycles. The molecule has 0 radical (unpaired) electrons. The van der Waals surface area contributed by atoms with Crippen molar-refractivity contribution in [1.29, 1.82) is 0 Å². The lowest BCUT2D eigenvalue weighted by molar-refractivity contribution is 0.174. The van der Waals surface area contributed by atoms with E-state index in [2.05, 4.69) is 16.8 Å². The highest BCUT2D eigenvalue weighted by molar-refractivity contribution is 5.20. The lowest BCUT2D eigenvalue weighted by Crippen LogP contribution is -2.34. The van der Waals surface area contributed by atoms with Gasteiger partial charge in [0, 0.05) is 18.3 Å². The molecule has 0 aliphatic carbocycles. The zero-order valence-electron chi connectivity index (χ0n) is 14.7. The van der Waals surface area contributed by atoms with Crippen molar-refractivity contribution in [2.75, 3.05) is 20.2 Å². The first-order valence-electron chi connectivity index (χ1n) is 8.71. The van der Waals surface area contributed by atoms with Gasteiger partial charge in [0.15, 0.2) is 0 Å². The predicted molar refractivity (Wildman–Crippen MR) is 98.3 cm³/mol. The Labute approximate surface area is 144 Å². The minimum atomic E-state index is 0.0557. The zero-order valence-corrected chi connectivity index (χ0v) is 14.7. The number of ether oxygens (including phenoxy) is 1. The third-order valence-electron chi connectivity index (χ3n) is 4.56. The fourth-order valence-corrected chi connectivity index (χ4v) is 2.93. The van der Waals surface area contributed by atoms with Gasteiger partial charge in [0.05, 0.1) is 7.11 Å². The fraction of sp³-hybridized carbons (Fsp3) is 0.450. The summed E-state index contributed by atoms with van der Waals surface area (Å²) in [5, 5.41) is 0. The number of pyridine rings is 1. The molecule has 0 unspecified atom stereocenters. The van der Waals surface area contributed by atoms with Gasteiger partial charge in [-0.1, -0.05) is 37.6 Å². The van der Waals surface area contributed by atoms with E-state index in [1.807, 2.05) is 42.5 Å². The van der Waals surface area contributed by atoms with E-state index in [4.69, 9.17) is 4.74 Å². The summed E-state index contributed by atoms with van der Waals surface area (Å²) in [6.07, 6.45) is 5.54. The molecule has 130 valence electrons. The van der Waals surface area contributed by atoms with Crippen molar-refractivity contribution in [1.82, 2.24) is 9.88 Å². The number of rotatable bonds is 4. The van der Waals surface area contributed by atoms with Crippen LogP contribution >= 0.6 is 0 Å². The average molecular weight is 328 g/mol. The van der Waals surface area contributed by atoms with Crippen LogP contribution in [0.5, 0.6) is 5.75 Å². The van der Waals surface area contributed by atoms with Crippen LogP contribution in [0.25, 0.3) is 0 Å². The van der Waals surface area contributed by atoms with Gasteiger partial charge >= 0.3 is 0 Å². The van der Waals surface area contributed by atoms with Crippen molar-refractivity contribution in [3.8, 4) is 5.75 Å². The number of hydrogen-bond acceptors (Lipinski definition) is 3. The summed E-state index contributed by atoms with van der Waals surface area (Å²) in [6, 6.07) is 13.5. The summed E-state index contributed by atoms with van der Waals surface area (Å²) in [6.45, 7) is 5.33. The van der Waals surface area contributed by atoms with Crippen LogP contribution in [0.4, 0.5) is 0 Å². The molecular formula is C20H28N2O2. The van der Waals surface area contributed by atoms with Gasteiger partial charge in [0.25, 0.3) is 5.56 Å². The summed E-state index contributed by atoms with van der Waals surface area (Å²) in [4.78, 5) is 16.6. The second-order valence-corrected chi connectivity index (χ2v) is 6.17. The van der Waals surface area contributed by atoms with E-state index in [1.165, 1.54) is 19.3 Å². The van der Waals surface area contributed by atoms with Gasteiger partial charge in [0.2, 0.25) is 0 Å². The third kappa shape index (κ3) is 5.85. The largest absolute Gasteiger partial charge is 0.497 e. The number of para-hydroxylation sites is 1. The van der Waals surface area contributed by atoms with E-state index in [9.17, 15) is 4.79 Å². The van der Waals surface area contributed by atoms with Gasteiger partial charge in [-0.3, -0.25) is 9.69 Å². The fourth-order valence-electron chi connectivity index (χ4n) is 2.93. The van der Waals surface area contributed by atoms with Crippen molar-refractivity contribution < 1.29 is 4.74 Å². The molecule has 1 aliphatic rings. The van der Waals surface area contributed by atoms with E-state index in [0.717, 1.165) is 36.9 Å². The SMILES string of the molecule is CCC1CCN(Cc2ccc[nH]c2=O)CC1.COc1ccccc1. The van der Waals surface area contributed by atoms with Gasteiger partial charge in [-0.05, 0) is 50.0 Å². The number of likely N-dealkylation sites (tertiary alicyclic amines) is 1. The van der Waals surface area contributed by atoms with Crippen molar-refractivity contribution in [2.24, 2.45) is 5.92 Å². The van der Waals surface area contributed by atoms with Crippen LogP contribution in [0.1, 0.15) is 31.7 Å². The van der Waals surface area contributed by atoms with E-state index in [-0.39, 0.29) is 5.56 Å². The molecular weight excluding hydrogens is 300 g/mol. The molecule has 1 aromatic heterocycles. The minimum absolute atomic E-state index is 0.0557. The summed E-state index contributed by atoms with van der Waals surface area (Å²) >= 11 is 0. The molecule has 24 heavy (non-hydrogen) atoms. The Hall–Kier alpha value is -2.07. The van der Waals surface area contributed by atoms with Gasteiger partial charge in [-0.25, -0.2) is 0 Å². The van der Waals surface area contributed by atoms with Crippen molar-refractivity contribution >= 4 is 0 Å². The van der Waals surface area contributed by atoms with Crippen LogP contribution < -0.4 is 10.3 Å². The number of H-pyrrole nitrogens is 1. The molecule has 4 heteroatoms. The molecule has 3 rings (SSSR count). The highest BCUT2D eigenvalue weighted by atomic mass is 16.5. The summed E-state index contributed by atoms with van der Waals surface area (Å²) in [5.74, 6) is 1.80. The molecule has 0 atom stereocenters. The number of benzene rings is 1. The van der Waals surface area contributed by atoms with Crippen LogP contribution in [0.15, 0.2) is 53.5 Å². The average Bonchev–Trinajstić information content (AvgIpc) is 2.65. The third-order valence-corrected chi connectivity index (χ3v) is 4.56. The number of piperidine rings is 1. The van der Waals surface area contributed by atoms with Crippen LogP contribution in [-0.4, -0.2) is 30.1 Å². The van der Waals surface area contributed by atoms with Crippen LogP contribution in [0.2, 0.25) is 0 Å². The van der Waals surface area contributed by atoms with E-state index < -0.39 is 0 Å². The number of nitrogens with zero attached hydrogens (tertiary/aromatic N) is 1. The molecule has 2 heterocycles. The van der Waals surface area contributed by atoms with E-state index in [0.29, 0.717) is 0 Å². The quantitative estimate of drug-likeness (QED) is 0.931. The number of aromatic nitrogens is 1. The molecule has 0 saturated carbocycles. The van der Waals surface area contributed by atoms with Gasteiger partial charge in [0.1, 0.15) is 5.75 Å². The lowest BCUT2D eigenvalue weighted by atomic mass is 9.94. The van der Waals surface area contributed by atoms with E-state index >= 15 is 0 Å². The number of methoxy groups -OCH3 is 1.